The lowest BCUT2D eigenvalue weighted by molar-refractivity contribution is -0.136. The molecule has 0 saturated heterocycles. The number of hydrogen-bond donors (Lipinski definition) is 0. The smallest absolute Gasteiger partial charge is 0.332 e. The quantitative estimate of drug-likeness (QED) is 0.245. The molecule has 0 aromatic heterocycles. The van der Waals surface area contributed by atoms with Gasteiger partial charge in [0.25, 0.3) is 0 Å². The Morgan fingerprint density at radius 1 is 1.00 bits per heavy atom. The minimum Gasteiger partial charge on any atom is -0.466 e. The zero-order valence-electron chi connectivity index (χ0n) is 14.2. The molecule has 0 heterocycles. The standard InChI is InChI=1S/C6H6.C5H8O2.C4H6.C3H3N.C2H4/c1-2-4-6-5-3-1;1-4(2)5(6)7-3;1-3-4-2;1-2-3-4;1-2/h1-6H;1H2,2-3H3;3-4H,1-2H2;2H,1H2;1-2H2. The van der Waals surface area contributed by atoms with Crippen molar-refractivity contribution in [2.75, 3.05) is 7.11 Å². The first-order chi connectivity index (χ1) is 11.0. The van der Waals surface area contributed by atoms with Crippen molar-refractivity contribution >= 4 is 5.97 Å². The lowest BCUT2D eigenvalue weighted by Crippen LogP contribution is -1.98. The second kappa shape index (κ2) is 31.3. The normalized spacial score (nSPS) is 6.13. The van der Waals surface area contributed by atoms with Gasteiger partial charge >= 0.3 is 5.97 Å². The number of methoxy groups -OCH3 is 1. The zero-order valence-corrected chi connectivity index (χ0v) is 14.2. The van der Waals surface area contributed by atoms with Crippen LogP contribution < -0.4 is 0 Å². The van der Waals surface area contributed by atoms with Gasteiger partial charge in [0.2, 0.25) is 0 Å². The molecule has 1 aromatic carbocycles. The van der Waals surface area contributed by atoms with Crippen LogP contribution in [0.2, 0.25) is 0 Å². The Bertz CT molecular complexity index is 424. The van der Waals surface area contributed by atoms with Crippen LogP contribution in [0.15, 0.2) is 99.7 Å². The molecule has 0 saturated carbocycles. The molecule has 23 heavy (non-hydrogen) atoms. The zero-order chi connectivity index (χ0) is 18.9. The van der Waals surface area contributed by atoms with Crippen LogP contribution in [0.4, 0.5) is 0 Å². The van der Waals surface area contributed by atoms with Gasteiger partial charge < -0.3 is 4.74 Å². The number of carbonyl (C=O) groups is 1. The summed E-state index contributed by atoms with van der Waals surface area (Å²) in [6.45, 7) is 20.8. The molecule has 0 atom stereocenters. The van der Waals surface area contributed by atoms with Crippen molar-refractivity contribution in [1.82, 2.24) is 0 Å². The number of ether oxygens (including phenoxy) is 1. The second-order valence-corrected chi connectivity index (χ2v) is 3.23. The summed E-state index contributed by atoms with van der Waals surface area (Å²) in [5.74, 6) is -0.347. The van der Waals surface area contributed by atoms with Gasteiger partial charge in [0.05, 0.1) is 13.2 Å². The summed E-state index contributed by atoms with van der Waals surface area (Å²) in [5, 5.41) is 7.51. The van der Waals surface area contributed by atoms with Gasteiger partial charge in [-0.05, 0) is 6.92 Å². The number of hydrogen-bond acceptors (Lipinski definition) is 3. The summed E-state index contributed by atoms with van der Waals surface area (Å²) in [6, 6.07) is 13.7. The van der Waals surface area contributed by atoms with Crippen LogP contribution in [0.5, 0.6) is 0 Å². The summed E-state index contributed by atoms with van der Waals surface area (Å²) < 4.78 is 4.27. The fourth-order valence-corrected chi connectivity index (χ4v) is 0.559. The van der Waals surface area contributed by atoms with E-state index in [-0.39, 0.29) is 5.97 Å². The molecule has 0 fully saturated rings. The van der Waals surface area contributed by atoms with E-state index in [1.54, 1.807) is 25.1 Å². The van der Waals surface area contributed by atoms with Crippen LogP contribution in [0.25, 0.3) is 0 Å². The van der Waals surface area contributed by atoms with Crippen LogP contribution in [-0.4, -0.2) is 13.1 Å². The molecule has 0 bridgehead atoms. The minimum atomic E-state index is -0.347. The van der Waals surface area contributed by atoms with Gasteiger partial charge in [-0.2, -0.15) is 5.26 Å². The van der Waals surface area contributed by atoms with E-state index in [0.29, 0.717) is 5.57 Å². The molecule has 0 radical (unpaired) electrons. The van der Waals surface area contributed by atoms with Crippen molar-refractivity contribution in [3.8, 4) is 6.07 Å². The Morgan fingerprint density at radius 2 is 1.26 bits per heavy atom. The maximum Gasteiger partial charge on any atom is 0.332 e. The number of nitrogens with zero attached hydrogens (tertiary/aromatic N) is 1. The first-order valence-electron chi connectivity index (χ1n) is 6.49. The number of nitriles is 1. The number of benzene rings is 1. The van der Waals surface area contributed by atoms with Gasteiger partial charge in [-0.25, -0.2) is 4.79 Å². The van der Waals surface area contributed by atoms with E-state index in [4.69, 9.17) is 5.26 Å². The van der Waals surface area contributed by atoms with Gasteiger partial charge in [-0.1, -0.05) is 74.9 Å². The third-order valence-corrected chi connectivity index (χ3v) is 1.46. The van der Waals surface area contributed by atoms with Gasteiger partial charge in [0.1, 0.15) is 0 Å². The van der Waals surface area contributed by atoms with E-state index in [1.165, 1.54) is 13.2 Å². The number of allylic oxidation sites excluding steroid dienone is 3. The van der Waals surface area contributed by atoms with E-state index in [0.717, 1.165) is 0 Å². The lowest BCUT2D eigenvalue weighted by Gasteiger charge is -1.91. The largest absolute Gasteiger partial charge is 0.466 e. The maximum atomic E-state index is 10.2. The minimum absolute atomic E-state index is 0.347. The van der Waals surface area contributed by atoms with E-state index in [9.17, 15) is 4.79 Å². The predicted octanol–water partition coefficient (Wildman–Crippen LogP) is 5.28. The molecule has 0 aliphatic carbocycles. The number of carbonyl (C=O) groups excluding carboxylic acids is 1. The van der Waals surface area contributed by atoms with E-state index >= 15 is 0 Å². The second-order valence-electron chi connectivity index (χ2n) is 3.23. The number of esters is 1. The molecular formula is C20H27NO2. The maximum absolute atomic E-state index is 10.2. The molecule has 0 amide bonds. The number of rotatable bonds is 2. The molecule has 124 valence electrons. The van der Waals surface area contributed by atoms with E-state index in [1.807, 2.05) is 36.4 Å². The summed E-state index contributed by atoms with van der Waals surface area (Å²) in [4.78, 5) is 10.2. The molecule has 3 nitrogen and oxygen atoms in total. The molecule has 0 aliphatic rings. The van der Waals surface area contributed by atoms with Gasteiger partial charge in [-0.15, -0.1) is 13.2 Å². The highest BCUT2D eigenvalue weighted by Crippen LogP contribution is 1.87. The molecular weight excluding hydrogens is 286 g/mol. The van der Waals surface area contributed by atoms with Crippen molar-refractivity contribution in [2.45, 2.75) is 6.92 Å². The molecule has 0 N–H and O–H groups in total. The fraction of sp³-hybridized carbons (Fsp3) is 0.100. The van der Waals surface area contributed by atoms with Crippen LogP contribution in [0, 0.1) is 11.3 Å². The Balaban J connectivity index is -0.000000104. The average molecular weight is 313 g/mol. The Labute approximate surface area is 141 Å². The third kappa shape index (κ3) is 45.4. The van der Waals surface area contributed by atoms with Crippen molar-refractivity contribution in [1.29, 1.82) is 5.26 Å². The highest BCUT2D eigenvalue weighted by atomic mass is 16.5. The van der Waals surface area contributed by atoms with Crippen LogP contribution in [0.1, 0.15) is 6.92 Å². The van der Waals surface area contributed by atoms with E-state index < -0.39 is 0 Å². The molecule has 0 spiro atoms. The van der Waals surface area contributed by atoms with Crippen molar-refractivity contribution in [3.05, 3.63) is 99.7 Å². The summed E-state index contributed by atoms with van der Waals surface area (Å²) in [5.41, 5.74) is 0.433. The van der Waals surface area contributed by atoms with Crippen molar-refractivity contribution in [2.24, 2.45) is 0 Å². The first-order valence-corrected chi connectivity index (χ1v) is 6.49. The topological polar surface area (TPSA) is 50.1 Å². The Kier molecular flexibility index (Phi) is 38.3. The highest BCUT2D eigenvalue weighted by molar-refractivity contribution is 5.86. The van der Waals surface area contributed by atoms with Crippen molar-refractivity contribution < 1.29 is 9.53 Å². The first kappa shape index (κ1) is 28.1. The van der Waals surface area contributed by atoms with Crippen LogP contribution >= 0.6 is 0 Å². The van der Waals surface area contributed by atoms with E-state index in [2.05, 4.69) is 44.2 Å². The molecule has 3 heteroatoms. The predicted molar refractivity (Wildman–Crippen MR) is 101 cm³/mol. The van der Waals surface area contributed by atoms with Crippen molar-refractivity contribution in [3.63, 3.8) is 0 Å². The average Bonchev–Trinajstić information content (AvgIpc) is 2.64. The van der Waals surface area contributed by atoms with Gasteiger partial charge in [-0.3, -0.25) is 0 Å². The Morgan fingerprint density at radius 3 is 1.30 bits per heavy atom. The molecule has 0 unspecified atom stereocenters. The lowest BCUT2D eigenvalue weighted by atomic mass is 10.4. The van der Waals surface area contributed by atoms with Crippen LogP contribution in [-0.2, 0) is 9.53 Å². The summed E-state index contributed by atoms with van der Waals surface area (Å²) in [6.07, 6.45) is 4.46. The van der Waals surface area contributed by atoms with Crippen LogP contribution in [0.3, 0.4) is 0 Å². The molecule has 1 rings (SSSR count). The van der Waals surface area contributed by atoms with Gasteiger partial charge in [0.15, 0.2) is 0 Å². The van der Waals surface area contributed by atoms with Gasteiger partial charge in [0, 0.05) is 11.6 Å². The monoisotopic (exact) mass is 313 g/mol. The summed E-state index contributed by atoms with van der Waals surface area (Å²) >= 11 is 0. The molecule has 0 aliphatic heterocycles. The highest BCUT2D eigenvalue weighted by Gasteiger charge is 1.95. The Hall–Kier alpha value is -3.12. The third-order valence-electron chi connectivity index (χ3n) is 1.46. The fourth-order valence-electron chi connectivity index (χ4n) is 0.559. The summed E-state index contributed by atoms with van der Waals surface area (Å²) in [7, 11) is 1.33. The molecule has 1 aromatic rings. The SMILES string of the molecule is C=C.C=C(C)C(=O)OC.C=CC#N.C=CC=C.c1ccccc1.